The molecule has 0 aliphatic carbocycles. The standard InChI is InChI=1S/C22H19NO3S2/c1-14-10-18(15(2)23(14)12-17-7-5-9-27-17)19(24)13-26-22(25)21-11-16-6-3-4-8-20(16)28-21/h3-11H,12-13H2,1-2H3. The number of hydrogen-bond acceptors (Lipinski definition) is 5. The quantitative estimate of drug-likeness (QED) is 0.313. The minimum absolute atomic E-state index is 0.181. The molecule has 3 heterocycles. The lowest BCUT2D eigenvalue weighted by atomic mass is 10.1. The van der Waals surface area contributed by atoms with Crippen molar-refractivity contribution in [3.8, 4) is 0 Å². The molecule has 3 aromatic heterocycles. The maximum absolute atomic E-state index is 12.7. The summed E-state index contributed by atoms with van der Waals surface area (Å²) in [5.41, 5.74) is 2.53. The fourth-order valence-corrected chi connectivity index (χ4v) is 4.90. The Balaban J connectivity index is 1.45. The highest BCUT2D eigenvalue weighted by Gasteiger charge is 2.19. The van der Waals surface area contributed by atoms with Crippen molar-refractivity contribution in [2.24, 2.45) is 0 Å². The van der Waals surface area contributed by atoms with E-state index in [0.29, 0.717) is 10.4 Å². The Hall–Kier alpha value is -2.70. The smallest absolute Gasteiger partial charge is 0.348 e. The summed E-state index contributed by atoms with van der Waals surface area (Å²) in [6, 6.07) is 15.6. The molecule has 4 nitrogen and oxygen atoms in total. The minimum Gasteiger partial charge on any atom is -0.453 e. The van der Waals surface area contributed by atoms with Crippen molar-refractivity contribution in [2.45, 2.75) is 20.4 Å². The molecular weight excluding hydrogens is 390 g/mol. The second kappa shape index (κ2) is 7.73. The third-order valence-corrected chi connectivity index (χ3v) is 6.69. The highest BCUT2D eigenvalue weighted by molar-refractivity contribution is 7.20. The number of nitrogens with zero attached hydrogens (tertiary/aromatic N) is 1. The van der Waals surface area contributed by atoms with Gasteiger partial charge in [-0.3, -0.25) is 4.79 Å². The van der Waals surface area contributed by atoms with Crippen molar-refractivity contribution < 1.29 is 14.3 Å². The van der Waals surface area contributed by atoms with Crippen LogP contribution in [0.2, 0.25) is 0 Å². The number of esters is 1. The Bertz CT molecular complexity index is 1120. The Morgan fingerprint density at radius 2 is 1.89 bits per heavy atom. The molecule has 0 aliphatic rings. The van der Waals surface area contributed by atoms with Crippen molar-refractivity contribution >= 4 is 44.5 Å². The Morgan fingerprint density at radius 3 is 2.64 bits per heavy atom. The lowest BCUT2D eigenvalue weighted by Gasteiger charge is -2.08. The number of ketones is 1. The third kappa shape index (κ3) is 3.66. The van der Waals surface area contributed by atoms with Gasteiger partial charge in [-0.2, -0.15) is 0 Å². The summed E-state index contributed by atoms with van der Waals surface area (Å²) in [5, 5.41) is 3.05. The summed E-state index contributed by atoms with van der Waals surface area (Å²) in [6.45, 7) is 4.41. The highest BCUT2D eigenvalue weighted by Crippen LogP contribution is 2.26. The second-order valence-electron chi connectivity index (χ2n) is 6.60. The predicted molar refractivity (Wildman–Crippen MR) is 114 cm³/mol. The molecule has 0 atom stereocenters. The summed E-state index contributed by atoms with van der Waals surface area (Å²) in [4.78, 5) is 26.8. The third-order valence-electron chi connectivity index (χ3n) is 4.73. The largest absolute Gasteiger partial charge is 0.453 e. The molecular formula is C22H19NO3S2. The number of carbonyl (C=O) groups is 2. The van der Waals surface area contributed by atoms with Crippen LogP contribution < -0.4 is 0 Å². The van der Waals surface area contributed by atoms with Crippen LogP contribution in [0.4, 0.5) is 0 Å². The summed E-state index contributed by atoms with van der Waals surface area (Å²) < 4.78 is 8.44. The van der Waals surface area contributed by atoms with Gasteiger partial charge in [0.05, 0.1) is 6.54 Å². The van der Waals surface area contributed by atoms with E-state index in [-0.39, 0.29) is 12.4 Å². The van der Waals surface area contributed by atoms with E-state index in [4.69, 9.17) is 4.74 Å². The summed E-state index contributed by atoms with van der Waals surface area (Å²) in [7, 11) is 0. The molecule has 0 radical (unpaired) electrons. The molecule has 0 saturated carbocycles. The molecule has 0 N–H and O–H groups in total. The Labute approximate surface area is 171 Å². The molecule has 1 aromatic carbocycles. The van der Waals surface area contributed by atoms with Crippen molar-refractivity contribution in [1.82, 2.24) is 4.57 Å². The number of hydrogen-bond donors (Lipinski definition) is 0. The molecule has 0 aliphatic heterocycles. The summed E-state index contributed by atoms with van der Waals surface area (Å²) in [5.74, 6) is -0.637. The molecule has 4 rings (SSSR count). The molecule has 0 unspecified atom stereocenters. The minimum atomic E-state index is -0.457. The summed E-state index contributed by atoms with van der Waals surface area (Å²) >= 11 is 3.07. The fraction of sp³-hybridized carbons (Fsp3) is 0.182. The lowest BCUT2D eigenvalue weighted by molar-refractivity contribution is 0.0479. The molecule has 0 bridgehead atoms. The van der Waals surface area contributed by atoms with Gasteiger partial charge in [0.15, 0.2) is 6.61 Å². The van der Waals surface area contributed by atoms with E-state index in [2.05, 4.69) is 10.6 Å². The van der Waals surface area contributed by atoms with Gasteiger partial charge < -0.3 is 9.30 Å². The number of Topliss-reactive ketones (excluding diaryl/α,β-unsaturated/α-hetero) is 1. The highest BCUT2D eigenvalue weighted by atomic mass is 32.1. The number of aryl methyl sites for hydroxylation is 1. The van der Waals surface area contributed by atoms with Crippen LogP contribution in [0, 0.1) is 13.8 Å². The number of rotatable bonds is 6. The van der Waals surface area contributed by atoms with E-state index in [9.17, 15) is 9.59 Å². The van der Waals surface area contributed by atoms with Crippen LogP contribution in [0.25, 0.3) is 10.1 Å². The van der Waals surface area contributed by atoms with Gasteiger partial charge in [0.1, 0.15) is 4.88 Å². The maximum atomic E-state index is 12.7. The number of fused-ring (bicyclic) bond motifs is 1. The SMILES string of the molecule is Cc1cc(C(=O)COC(=O)c2cc3ccccc3s2)c(C)n1Cc1cccs1. The zero-order valence-electron chi connectivity index (χ0n) is 15.6. The lowest BCUT2D eigenvalue weighted by Crippen LogP contribution is -2.14. The average Bonchev–Trinajstić information content (AvgIpc) is 3.41. The van der Waals surface area contributed by atoms with E-state index >= 15 is 0 Å². The number of aromatic nitrogens is 1. The van der Waals surface area contributed by atoms with Crippen molar-refractivity contribution in [2.75, 3.05) is 6.61 Å². The first-order chi connectivity index (χ1) is 13.5. The van der Waals surface area contributed by atoms with Gasteiger partial charge >= 0.3 is 5.97 Å². The van der Waals surface area contributed by atoms with Gasteiger partial charge in [0, 0.05) is 26.5 Å². The first-order valence-corrected chi connectivity index (χ1v) is 10.6. The average molecular weight is 410 g/mol. The predicted octanol–water partition coefficient (Wildman–Crippen LogP) is 5.47. The van der Waals surface area contributed by atoms with E-state index in [1.54, 1.807) is 17.4 Å². The number of benzene rings is 1. The molecule has 0 spiro atoms. The fourth-order valence-electron chi connectivity index (χ4n) is 3.25. The van der Waals surface area contributed by atoms with Gasteiger partial charge in [-0.25, -0.2) is 4.79 Å². The van der Waals surface area contributed by atoms with E-state index in [1.807, 2.05) is 55.6 Å². The zero-order chi connectivity index (χ0) is 19.7. The molecule has 0 amide bonds. The van der Waals surface area contributed by atoms with E-state index in [1.165, 1.54) is 16.2 Å². The van der Waals surface area contributed by atoms with E-state index < -0.39 is 5.97 Å². The van der Waals surface area contributed by atoms with Crippen molar-refractivity contribution in [3.63, 3.8) is 0 Å². The van der Waals surface area contributed by atoms with Crippen LogP contribution in [0.1, 0.15) is 36.3 Å². The Kier molecular flexibility index (Phi) is 5.15. The first kappa shape index (κ1) is 18.7. The zero-order valence-corrected chi connectivity index (χ0v) is 17.2. The van der Waals surface area contributed by atoms with Crippen LogP contribution in [-0.2, 0) is 11.3 Å². The normalized spacial score (nSPS) is 11.1. The molecule has 6 heteroatoms. The number of thiophene rings is 2. The van der Waals surface area contributed by atoms with Crippen molar-refractivity contribution in [1.29, 1.82) is 0 Å². The Morgan fingerprint density at radius 1 is 1.07 bits per heavy atom. The number of carbonyl (C=O) groups excluding carboxylic acids is 2. The molecule has 28 heavy (non-hydrogen) atoms. The van der Waals surface area contributed by atoms with Gasteiger partial charge in [-0.15, -0.1) is 22.7 Å². The molecule has 142 valence electrons. The van der Waals surface area contributed by atoms with Crippen LogP contribution in [-0.4, -0.2) is 22.9 Å². The van der Waals surface area contributed by atoms with Gasteiger partial charge in [-0.1, -0.05) is 24.3 Å². The van der Waals surface area contributed by atoms with E-state index in [0.717, 1.165) is 28.0 Å². The topological polar surface area (TPSA) is 48.3 Å². The van der Waals surface area contributed by atoms with Gasteiger partial charge in [-0.05, 0) is 48.9 Å². The second-order valence-corrected chi connectivity index (χ2v) is 8.71. The van der Waals surface area contributed by atoms with Gasteiger partial charge in [0.25, 0.3) is 0 Å². The van der Waals surface area contributed by atoms with Crippen LogP contribution >= 0.6 is 22.7 Å². The molecule has 0 fully saturated rings. The van der Waals surface area contributed by atoms with Crippen molar-refractivity contribution in [3.05, 3.63) is 80.6 Å². The van der Waals surface area contributed by atoms with Crippen LogP contribution in [0.15, 0.2) is 53.9 Å². The molecule has 0 saturated heterocycles. The first-order valence-electron chi connectivity index (χ1n) is 8.91. The van der Waals surface area contributed by atoms with Crippen LogP contribution in [0.5, 0.6) is 0 Å². The monoisotopic (exact) mass is 409 g/mol. The maximum Gasteiger partial charge on any atom is 0.348 e. The molecule has 4 aromatic rings. The van der Waals surface area contributed by atoms with Crippen LogP contribution in [0.3, 0.4) is 0 Å². The van der Waals surface area contributed by atoms with Gasteiger partial charge in [0.2, 0.25) is 5.78 Å². The summed E-state index contributed by atoms with van der Waals surface area (Å²) in [6.07, 6.45) is 0. The number of ether oxygens (including phenoxy) is 1.